The van der Waals surface area contributed by atoms with Crippen molar-refractivity contribution in [1.29, 1.82) is 0 Å². The van der Waals surface area contributed by atoms with Gasteiger partial charge in [0, 0.05) is 13.2 Å². The summed E-state index contributed by atoms with van der Waals surface area (Å²) in [7, 11) is 0. The van der Waals surface area contributed by atoms with Crippen molar-refractivity contribution in [2.24, 2.45) is 35.5 Å². The number of hydrogen-bond donors (Lipinski definition) is 0. The van der Waals surface area contributed by atoms with Crippen LogP contribution in [0.2, 0.25) is 0 Å². The normalized spacial score (nSPS) is 42.9. The lowest BCUT2D eigenvalue weighted by Gasteiger charge is -2.52. The lowest BCUT2D eigenvalue weighted by atomic mass is 9.54. The highest BCUT2D eigenvalue weighted by molar-refractivity contribution is 4.95. The highest BCUT2D eigenvalue weighted by Crippen LogP contribution is 2.53. The van der Waals surface area contributed by atoms with Crippen LogP contribution >= 0.6 is 0 Å². The highest BCUT2D eigenvalue weighted by Gasteiger charge is 2.45. The van der Waals surface area contributed by atoms with Gasteiger partial charge in [0.2, 0.25) is 0 Å². The average Bonchev–Trinajstić information content (AvgIpc) is 2.26. The fourth-order valence-electron chi connectivity index (χ4n) is 4.21. The summed E-state index contributed by atoms with van der Waals surface area (Å²) in [6.45, 7) is 11.3. The van der Waals surface area contributed by atoms with Gasteiger partial charge in [0.1, 0.15) is 0 Å². The van der Waals surface area contributed by atoms with Crippen LogP contribution in [0.3, 0.4) is 0 Å². The smallest absolute Gasteiger partial charge is 0.0496 e. The summed E-state index contributed by atoms with van der Waals surface area (Å²) < 4.78 is 5.69. The van der Waals surface area contributed by atoms with Crippen molar-refractivity contribution in [3.8, 4) is 0 Å². The van der Waals surface area contributed by atoms with Crippen LogP contribution in [0.1, 0.15) is 47.0 Å². The first kappa shape index (κ1) is 12.4. The molecule has 0 amide bonds. The molecule has 3 aliphatic rings. The van der Waals surface area contributed by atoms with Crippen LogP contribution in [0.5, 0.6) is 0 Å². The minimum absolute atomic E-state index is 0.863. The maximum atomic E-state index is 5.69. The van der Waals surface area contributed by atoms with E-state index in [1.54, 1.807) is 0 Å². The van der Waals surface area contributed by atoms with Crippen LogP contribution in [0.15, 0.2) is 0 Å². The SMILES string of the molecule is CCOC[C@@H]1C[C@H]2C[C@@H](C(C)C)[C@H]1C[C@H]2C. The second-order valence-corrected chi connectivity index (χ2v) is 6.44. The van der Waals surface area contributed by atoms with Crippen molar-refractivity contribution >= 4 is 0 Å². The zero-order valence-corrected chi connectivity index (χ0v) is 11.4. The van der Waals surface area contributed by atoms with Crippen LogP contribution < -0.4 is 0 Å². The molecule has 0 aromatic rings. The van der Waals surface area contributed by atoms with Crippen LogP contribution in [0.25, 0.3) is 0 Å². The van der Waals surface area contributed by atoms with Gasteiger partial charge in [-0.05, 0) is 61.7 Å². The summed E-state index contributed by atoms with van der Waals surface area (Å²) in [5.41, 5.74) is 0. The molecule has 3 rings (SSSR count). The number of hydrogen-bond acceptors (Lipinski definition) is 1. The first-order chi connectivity index (χ1) is 7.63. The highest BCUT2D eigenvalue weighted by atomic mass is 16.5. The quantitative estimate of drug-likeness (QED) is 0.702. The topological polar surface area (TPSA) is 9.23 Å². The summed E-state index contributed by atoms with van der Waals surface area (Å²) in [6.07, 6.45) is 4.40. The Hall–Kier alpha value is -0.0400. The monoisotopic (exact) mass is 224 g/mol. The summed E-state index contributed by atoms with van der Waals surface area (Å²) >= 11 is 0. The molecule has 0 unspecified atom stereocenters. The standard InChI is InChI=1S/C15H28O/c1-5-16-9-13-7-12-8-14(10(2)3)15(13)6-11(12)4/h10-15H,5-9H2,1-4H3/t11-,12+,13+,14+,15+/m1/s1. The molecular formula is C15H28O. The molecule has 0 radical (unpaired) electrons. The second-order valence-electron chi connectivity index (χ2n) is 6.44. The molecule has 16 heavy (non-hydrogen) atoms. The maximum Gasteiger partial charge on any atom is 0.0496 e. The molecule has 0 spiro atoms. The van der Waals surface area contributed by atoms with Crippen LogP contribution in [0, 0.1) is 35.5 Å². The fourth-order valence-corrected chi connectivity index (χ4v) is 4.21. The molecule has 0 aromatic carbocycles. The van der Waals surface area contributed by atoms with Crippen LogP contribution in [0.4, 0.5) is 0 Å². The predicted octanol–water partition coefficient (Wildman–Crippen LogP) is 3.98. The molecule has 0 saturated heterocycles. The van der Waals surface area contributed by atoms with Crippen molar-refractivity contribution in [2.75, 3.05) is 13.2 Å². The minimum atomic E-state index is 0.863. The molecule has 0 aromatic heterocycles. The molecule has 0 N–H and O–H groups in total. The average molecular weight is 224 g/mol. The van der Waals surface area contributed by atoms with Crippen LogP contribution in [-0.2, 0) is 4.74 Å². The first-order valence-corrected chi connectivity index (χ1v) is 7.21. The summed E-state index contributed by atoms with van der Waals surface area (Å²) in [4.78, 5) is 0. The van der Waals surface area contributed by atoms with Gasteiger partial charge in [0.05, 0.1) is 0 Å². The maximum absolute atomic E-state index is 5.69. The van der Waals surface area contributed by atoms with Gasteiger partial charge < -0.3 is 4.74 Å². The van der Waals surface area contributed by atoms with Crippen LogP contribution in [-0.4, -0.2) is 13.2 Å². The fraction of sp³-hybridized carbons (Fsp3) is 1.00. The minimum Gasteiger partial charge on any atom is -0.381 e. The van der Waals surface area contributed by atoms with E-state index in [0.717, 1.165) is 48.7 Å². The second kappa shape index (κ2) is 5.08. The van der Waals surface area contributed by atoms with Gasteiger partial charge in [-0.25, -0.2) is 0 Å². The van der Waals surface area contributed by atoms with E-state index in [0.29, 0.717) is 0 Å². The molecule has 5 atom stereocenters. The number of ether oxygens (including phenoxy) is 1. The third-order valence-corrected chi connectivity index (χ3v) is 5.18. The largest absolute Gasteiger partial charge is 0.381 e. The Kier molecular flexibility index (Phi) is 3.94. The Balaban J connectivity index is 2.02. The van der Waals surface area contributed by atoms with Crippen molar-refractivity contribution in [1.82, 2.24) is 0 Å². The first-order valence-electron chi connectivity index (χ1n) is 7.21. The van der Waals surface area contributed by atoms with Gasteiger partial charge in [0.15, 0.2) is 0 Å². The van der Waals surface area contributed by atoms with E-state index in [-0.39, 0.29) is 0 Å². The lowest BCUT2D eigenvalue weighted by Crippen LogP contribution is -2.45. The predicted molar refractivity (Wildman–Crippen MR) is 68.3 cm³/mol. The Morgan fingerprint density at radius 2 is 1.94 bits per heavy atom. The Labute approximate surface area is 101 Å². The van der Waals surface area contributed by atoms with E-state index in [1.165, 1.54) is 19.3 Å². The Morgan fingerprint density at radius 3 is 2.50 bits per heavy atom. The van der Waals surface area contributed by atoms with E-state index >= 15 is 0 Å². The van der Waals surface area contributed by atoms with E-state index in [9.17, 15) is 0 Å². The Bertz CT molecular complexity index is 223. The van der Waals surface area contributed by atoms with Gasteiger partial charge >= 0.3 is 0 Å². The van der Waals surface area contributed by atoms with Gasteiger partial charge in [-0.2, -0.15) is 0 Å². The van der Waals surface area contributed by atoms with Gasteiger partial charge in [-0.3, -0.25) is 0 Å². The van der Waals surface area contributed by atoms with Crippen molar-refractivity contribution in [3.63, 3.8) is 0 Å². The van der Waals surface area contributed by atoms with Crippen molar-refractivity contribution < 1.29 is 4.74 Å². The van der Waals surface area contributed by atoms with Crippen molar-refractivity contribution in [3.05, 3.63) is 0 Å². The summed E-state index contributed by atoms with van der Waals surface area (Å²) in [5.74, 6) is 5.61. The van der Waals surface area contributed by atoms with E-state index in [1.807, 2.05) is 0 Å². The van der Waals surface area contributed by atoms with E-state index in [4.69, 9.17) is 4.74 Å². The molecule has 0 aliphatic heterocycles. The Morgan fingerprint density at radius 1 is 1.19 bits per heavy atom. The van der Waals surface area contributed by atoms with Gasteiger partial charge in [0.25, 0.3) is 0 Å². The van der Waals surface area contributed by atoms with E-state index in [2.05, 4.69) is 27.7 Å². The molecule has 3 saturated carbocycles. The van der Waals surface area contributed by atoms with Gasteiger partial charge in [-0.15, -0.1) is 0 Å². The third kappa shape index (κ3) is 2.30. The molecule has 1 nitrogen and oxygen atoms in total. The zero-order chi connectivity index (χ0) is 11.7. The van der Waals surface area contributed by atoms with Crippen molar-refractivity contribution in [2.45, 2.75) is 47.0 Å². The molecule has 0 heterocycles. The van der Waals surface area contributed by atoms with E-state index < -0.39 is 0 Å². The molecule has 2 bridgehead atoms. The van der Waals surface area contributed by atoms with Gasteiger partial charge in [-0.1, -0.05) is 20.8 Å². The lowest BCUT2D eigenvalue weighted by molar-refractivity contribution is -0.0560. The molecule has 3 aliphatic carbocycles. The summed E-state index contributed by atoms with van der Waals surface area (Å²) in [5, 5.41) is 0. The number of rotatable bonds is 4. The third-order valence-electron chi connectivity index (χ3n) is 5.18. The zero-order valence-electron chi connectivity index (χ0n) is 11.4. The molecule has 1 heteroatoms. The molecular weight excluding hydrogens is 196 g/mol. The molecule has 94 valence electrons. The number of fused-ring (bicyclic) bond motifs is 3. The molecule has 3 fully saturated rings. The summed E-state index contributed by atoms with van der Waals surface area (Å²) in [6, 6.07) is 0.